The van der Waals surface area contributed by atoms with Gasteiger partial charge in [0.15, 0.2) is 5.57 Å². The second-order valence-corrected chi connectivity index (χ2v) is 7.86. The highest BCUT2D eigenvalue weighted by atomic mass is 32.1. The summed E-state index contributed by atoms with van der Waals surface area (Å²) in [7, 11) is 1.57. The van der Waals surface area contributed by atoms with Gasteiger partial charge in [-0.3, -0.25) is 0 Å². The standard InChI is InChI=1S/C23H27NO7S/c1-6-13(3)31-22(27)17(21(25)26)12-24-20-18(23(28)30-7-2)14(4)19(32-20)15-8-10-16(29-5)11-9-15/h8-13,24H,6-7H2,1-5H3,(H,25,26). The molecule has 0 radical (unpaired) electrons. The van der Waals surface area contributed by atoms with Crippen LogP contribution < -0.4 is 10.1 Å². The zero-order valence-corrected chi connectivity index (χ0v) is 19.5. The molecule has 1 atom stereocenters. The Bertz CT molecular complexity index is 1010. The Kier molecular flexibility index (Phi) is 8.83. The fourth-order valence-electron chi connectivity index (χ4n) is 2.76. The average molecular weight is 462 g/mol. The highest BCUT2D eigenvalue weighted by Gasteiger charge is 2.25. The van der Waals surface area contributed by atoms with Crippen LogP contribution >= 0.6 is 11.3 Å². The van der Waals surface area contributed by atoms with Gasteiger partial charge in [-0.2, -0.15) is 0 Å². The van der Waals surface area contributed by atoms with Crippen LogP contribution in [0.5, 0.6) is 5.75 Å². The molecule has 1 heterocycles. The number of hydrogen-bond acceptors (Lipinski definition) is 8. The summed E-state index contributed by atoms with van der Waals surface area (Å²) in [5, 5.41) is 12.6. The van der Waals surface area contributed by atoms with E-state index in [2.05, 4.69) is 5.32 Å². The second kappa shape index (κ2) is 11.3. The number of rotatable bonds is 10. The van der Waals surface area contributed by atoms with Crippen LogP contribution in [0, 0.1) is 6.92 Å². The van der Waals surface area contributed by atoms with Gasteiger partial charge in [-0.1, -0.05) is 6.92 Å². The number of carbonyl (C=O) groups is 3. The molecule has 0 bridgehead atoms. The highest BCUT2D eigenvalue weighted by molar-refractivity contribution is 7.20. The Labute approximate surface area is 190 Å². The molecule has 2 aromatic rings. The molecule has 0 aliphatic heterocycles. The van der Waals surface area contributed by atoms with Crippen LogP contribution in [-0.4, -0.2) is 42.8 Å². The number of aliphatic carboxylic acids is 1. The molecule has 0 spiro atoms. The van der Waals surface area contributed by atoms with Crippen LogP contribution in [0.15, 0.2) is 36.0 Å². The third kappa shape index (κ3) is 5.88. The van der Waals surface area contributed by atoms with Gasteiger partial charge in [0.05, 0.1) is 25.4 Å². The first-order valence-corrected chi connectivity index (χ1v) is 10.9. The summed E-state index contributed by atoms with van der Waals surface area (Å²) >= 11 is 1.25. The maximum atomic E-state index is 12.6. The van der Waals surface area contributed by atoms with Crippen molar-refractivity contribution >= 4 is 34.2 Å². The number of carboxylic acid groups (broad SMARTS) is 1. The molecule has 0 saturated carbocycles. The number of methoxy groups -OCH3 is 1. The van der Waals surface area contributed by atoms with Crippen molar-refractivity contribution in [3.8, 4) is 16.2 Å². The van der Waals surface area contributed by atoms with Gasteiger partial charge >= 0.3 is 17.9 Å². The van der Waals surface area contributed by atoms with Crippen LogP contribution in [0.2, 0.25) is 0 Å². The average Bonchev–Trinajstić information content (AvgIpc) is 3.09. The lowest BCUT2D eigenvalue weighted by atomic mass is 10.1. The minimum atomic E-state index is -1.44. The molecule has 0 saturated heterocycles. The van der Waals surface area contributed by atoms with Crippen molar-refractivity contribution in [3.63, 3.8) is 0 Å². The van der Waals surface area contributed by atoms with E-state index in [9.17, 15) is 19.5 Å². The minimum Gasteiger partial charge on any atom is -0.497 e. The van der Waals surface area contributed by atoms with E-state index < -0.39 is 29.6 Å². The number of carbonyl (C=O) groups excluding carboxylic acids is 2. The lowest BCUT2D eigenvalue weighted by Crippen LogP contribution is -2.21. The first-order chi connectivity index (χ1) is 15.2. The van der Waals surface area contributed by atoms with E-state index in [-0.39, 0.29) is 12.2 Å². The predicted molar refractivity (Wildman–Crippen MR) is 122 cm³/mol. The maximum Gasteiger partial charge on any atom is 0.347 e. The number of benzene rings is 1. The SMILES string of the molecule is CCOC(=O)c1c(NC=C(C(=O)O)C(=O)OC(C)CC)sc(-c2ccc(OC)cc2)c1C. The quantitative estimate of drug-likeness (QED) is 0.228. The van der Waals surface area contributed by atoms with Gasteiger partial charge in [0, 0.05) is 11.1 Å². The number of anilines is 1. The van der Waals surface area contributed by atoms with Crippen LogP contribution in [0.25, 0.3) is 10.4 Å². The molecule has 0 amide bonds. The molecule has 172 valence electrons. The van der Waals surface area contributed by atoms with Crippen LogP contribution in [0.1, 0.15) is 43.1 Å². The van der Waals surface area contributed by atoms with E-state index in [1.54, 1.807) is 40.0 Å². The predicted octanol–water partition coefficient (Wildman–Crippen LogP) is 4.63. The number of ether oxygens (including phenoxy) is 3. The Morgan fingerprint density at radius 1 is 1.19 bits per heavy atom. The summed E-state index contributed by atoms with van der Waals surface area (Å²) in [4.78, 5) is 37.3. The fourth-order valence-corrected chi connectivity index (χ4v) is 3.93. The second-order valence-electron chi connectivity index (χ2n) is 6.84. The Balaban J connectivity index is 2.48. The van der Waals surface area contributed by atoms with Crippen molar-refractivity contribution in [3.05, 3.63) is 47.2 Å². The summed E-state index contributed by atoms with van der Waals surface area (Å²) in [6.45, 7) is 7.16. The van der Waals surface area contributed by atoms with Crippen LogP contribution in [0.3, 0.4) is 0 Å². The van der Waals surface area contributed by atoms with Gasteiger partial charge in [0.2, 0.25) is 0 Å². The highest BCUT2D eigenvalue weighted by Crippen LogP contribution is 2.40. The van der Waals surface area contributed by atoms with Gasteiger partial charge in [0.1, 0.15) is 10.8 Å². The van der Waals surface area contributed by atoms with Crippen LogP contribution in [0.4, 0.5) is 5.00 Å². The van der Waals surface area contributed by atoms with E-state index in [0.29, 0.717) is 22.7 Å². The van der Waals surface area contributed by atoms with Crippen molar-refractivity contribution in [1.29, 1.82) is 0 Å². The molecule has 9 heteroatoms. The molecule has 0 aliphatic carbocycles. The molecular formula is C23H27NO7S. The number of carboxylic acids is 1. The van der Waals surface area contributed by atoms with Gasteiger partial charge < -0.3 is 24.6 Å². The molecule has 0 aliphatic rings. The smallest absolute Gasteiger partial charge is 0.347 e. The molecule has 1 aromatic heterocycles. The Morgan fingerprint density at radius 3 is 2.38 bits per heavy atom. The first-order valence-electron chi connectivity index (χ1n) is 10.1. The van der Waals surface area contributed by atoms with Gasteiger partial charge in [0.25, 0.3) is 0 Å². The monoisotopic (exact) mass is 461 g/mol. The van der Waals surface area contributed by atoms with E-state index in [1.807, 2.05) is 19.1 Å². The lowest BCUT2D eigenvalue weighted by molar-refractivity contribution is -0.147. The third-order valence-electron chi connectivity index (χ3n) is 4.66. The first kappa shape index (κ1) is 24.9. The molecule has 32 heavy (non-hydrogen) atoms. The van der Waals surface area contributed by atoms with E-state index in [0.717, 1.165) is 16.6 Å². The summed E-state index contributed by atoms with van der Waals surface area (Å²) in [5.41, 5.74) is 1.23. The summed E-state index contributed by atoms with van der Waals surface area (Å²) < 4.78 is 15.5. The Morgan fingerprint density at radius 2 is 1.84 bits per heavy atom. The van der Waals surface area contributed by atoms with Gasteiger partial charge in [-0.25, -0.2) is 14.4 Å². The van der Waals surface area contributed by atoms with E-state index in [4.69, 9.17) is 14.2 Å². The zero-order chi connectivity index (χ0) is 23.8. The van der Waals surface area contributed by atoms with Gasteiger partial charge in [-0.15, -0.1) is 11.3 Å². The molecular weight excluding hydrogens is 434 g/mol. The third-order valence-corrected chi connectivity index (χ3v) is 5.93. The van der Waals surface area contributed by atoms with E-state index >= 15 is 0 Å². The molecule has 2 rings (SSSR count). The molecule has 1 aromatic carbocycles. The van der Waals surface area contributed by atoms with Crippen LogP contribution in [-0.2, 0) is 19.1 Å². The number of thiophene rings is 1. The van der Waals surface area contributed by atoms with Gasteiger partial charge in [-0.05, 0) is 62.6 Å². The number of hydrogen-bond donors (Lipinski definition) is 2. The number of nitrogens with one attached hydrogen (secondary N) is 1. The topological polar surface area (TPSA) is 111 Å². The van der Waals surface area contributed by atoms with Crippen molar-refractivity contribution in [2.75, 3.05) is 19.0 Å². The van der Waals surface area contributed by atoms with Crippen molar-refractivity contribution < 1.29 is 33.7 Å². The molecule has 1 unspecified atom stereocenters. The minimum absolute atomic E-state index is 0.183. The summed E-state index contributed by atoms with van der Waals surface area (Å²) in [6.07, 6.45) is 1.17. The lowest BCUT2D eigenvalue weighted by Gasteiger charge is -2.11. The zero-order valence-electron chi connectivity index (χ0n) is 18.7. The summed E-state index contributed by atoms with van der Waals surface area (Å²) in [5.74, 6) is -2.25. The molecule has 2 N–H and O–H groups in total. The number of esters is 2. The van der Waals surface area contributed by atoms with Crippen molar-refractivity contribution in [2.45, 2.75) is 40.2 Å². The van der Waals surface area contributed by atoms with E-state index in [1.165, 1.54) is 11.3 Å². The maximum absolute atomic E-state index is 12.6. The Hall–Kier alpha value is -3.33. The largest absolute Gasteiger partial charge is 0.497 e. The van der Waals surface area contributed by atoms with Crippen molar-refractivity contribution in [1.82, 2.24) is 0 Å². The van der Waals surface area contributed by atoms with Crippen molar-refractivity contribution in [2.24, 2.45) is 0 Å². The molecule has 0 fully saturated rings. The fraction of sp³-hybridized carbons (Fsp3) is 0.348. The summed E-state index contributed by atoms with van der Waals surface area (Å²) in [6, 6.07) is 7.33. The normalized spacial score (nSPS) is 12.1. The molecule has 8 nitrogen and oxygen atoms in total.